The first-order chi connectivity index (χ1) is 22.5. The third kappa shape index (κ3) is 10.5. The van der Waals surface area contributed by atoms with Crippen molar-refractivity contribution in [2.45, 2.75) is 50.5 Å². The van der Waals surface area contributed by atoms with Crippen LogP contribution in [0.15, 0.2) is 73.2 Å². The number of Topliss-reactive ketones (excluding diaryl/α,β-unsaturated/α-hetero) is 1. The zero-order valence-electron chi connectivity index (χ0n) is 25.4. The highest BCUT2D eigenvalue weighted by molar-refractivity contribution is 6.30. The molecule has 3 rings (SSSR count). The van der Waals surface area contributed by atoms with Gasteiger partial charge in [0.2, 0.25) is 17.6 Å². The van der Waals surface area contributed by atoms with Crippen LogP contribution in [0.1, 0.15) is 41.5 Å². The molecule has 48 heavy (non-hydrogen) atoms. The second-order valence-corrected chi connectivity index (χ2v) is 11.2. The Kier molecular flexibility index (Phi) is 12.7. The fourth-order valence-electron chi connectivity index (χ4n) is 4.32. The molecule has 0 spiro atoms. The van der Waals surface area contributed by atoms with Gasteiger partial charge in [0, 0.05) is 23.8 Å². The highest BCUT2D eigenvalue weighted by Crippen LogP contribution is 2.23. The Morgan fingerprint density at radius 3 is 2.12 bits per heavy atom. The largest absolute Gasteiger partial charge is 0.405 e. The molecular weight excluding hydrogens is 667 g/mol. The van der Waals surface area contributed by atoms with Crippen LogP contribution < -0.4 is 21.3 Å². The molecule has 17 heteroatoms. The van der Waals surface area contributed by atoms with Gasteiger partial charge in [-0.15, -0.1) is 0 Å². The minimum absolute atomic E-state index is 0.128. The topological polar surface area (TPSA) is 159 Å². The predicted octanol–water partition coefficient (Wildman–Crippen LogP) is 3.35. The molecule has 2 aromatic carbocycles. The summed E-state index contributed by atoms with van der Waals surface area (Å²) < 4.78 is 67.0. The zero-order chi connectivity index (χ0) is 35.6. The molecule has 4 N–H and O–H groups in total. The van der Waals surface area contributed by atoms with Crippen molar-refractivity contribution in [2.75, 3.05) is 6.54 Å². The molecule has 0 aliphatic carbocycles. The number of alkyl halides is 5. The van der Waals surface area contributed by atoms with Crippen LogP contribution in [0.25, 0.3) is 0 Å². The first kappa shape index (κ1) is 37.5. The second kappa shape index (κ2) is 16.2. The summed E-state index contributed by atoms with van der Waals surface area (Å²) in [6.07, 6.45) is -1.41. The number of benzene rings is 2. The lowest BCUT2D eigenvalue weighted by atomic mass is 9.94. The zero-order valence-corrected chi connectivity index (χ0v) is 26.1. The monoisotopic (exact) mass is 696 g/mol. The van der Waals surface area contributed by atoms with Gasteiger partial charge in [-0.3, -0.25) is 29.0 Å². The number of carbonyl (C=O) groups excluding carboxylic acids is 5. The Hall–Kier alpha value is -4.99. The van der Waals surface area contributed by atoms with Gasteiger partial charge in [-0.25, -0.2) is 4.98 Å². The summed E-state index contributed by atoms with van der Waals surface area (Å²) in [7, 11) is 0. The molecule has 0 radical (unpaired) electrons. The third-order valence-corrected chi connectivity index (χ3v) is 6.95. The van der Waals surface area contributed by atoms with Crippen LogP contribution in [0.5, 0.6) is 0 Å². The number of amides is 4. The highest BCUT2D eigenvalue weighted by Gasteiger charge is 2.52. The first-order valence-corrected chi connectivity index (χ1v) is 14.6. The SMILES string of the molecule is CC(C)C(NC(=O)C(NC(=O)C(Cc1cccc(Cl)c1)NC(=O)c1cnccn1)c1ccccc1)C(=O)C(F)(F)C(=O)NCC(F)(F)F. The number of hydrogen-bond donors (Lipinski definition) is 4. The third-order valence-electron chi connectivity index (χ3n) is 6.72. The number of nitrogens with one attached hydrogen (secondary N) is 4. The van der Waals surface area contributed by atoms with Crippen molar-refractivity contribution in [3.05, 3.63) is 95.0 Å². The van der Waals surface area contributed by atoms with Crippen molar-refractivity contribution >= 4 is 41.0 Å². The fraction of sp³-hybridized carbons (Fsp3) is 0.323. The molecule has 256 valence electrons. The molecule has 0 bridgehead atoms. The standard InChI is InChI=1S/C31H30ClF5N6O5/c1-17(2)23(25(44)31(36,37)29(48)40-16-30(33,34)35)42-28(47)24(19-8-4-3-5-9-19)43-26(45)21(14-18-7-6-10-20(32)13-18)41-27(46)22-15-38-11-12-39-22/h3-13,15,17,21,23-24H,14,16H2,1-2H3,(H,40,48)(H,41,46)(H,42,47)(H,43,45). The van der Waals surface area contributed by atoms with Crippen LogP contribution in [-0.4, -0.2) is 70.1 Å². The van der Waals surface area contributed by atoms with Gasteiger partial charge in [-0.05, 0) is 29.2 Å². The van der Waals surface area contributed by atoms with E-state index in [4.69, 9.17) is 11.6 Å². The molecule has 0 saturated heterocycles. The van der Waals surface area contributed by atoms with Gasteiger partial charge in [0.25, 0.3) is 11.8 Å². The molecule has 1 aromatic heterocycles. The van der Waals surface area contributed by atoms with Crippen molar-refractivity contribution in [3.8, 4) is 0 Å². The Morgan fingerprint density at radius 1 is 0.854 bits per heavy atom. The lowest BCUT2D eigenvalue weighted by Crippen LogP contribution is -2.58. The average molecular weight is 697 g/mol. The molecule has 0 aliphatic heterocycles. The van der Waals surface area contributed by atoms with Crippen molar-refractivity contribution in [3.63, 3.8) is 0 Å². The van der Waals surface area contributed by atoms with Crippen molar-refractivity contribution in [2.24, 2.45) is 5.92 Å². The minimum Gasteiger partial charge on any atom is -0.344 e. The van der Waals surface area contributed by atoms with Gasteiger partial charge in [0.05, 0.1) is 12.2 Å². The quantitative estimate of drug-likeness (QED) is 0.149. The number of rotatable bonds is 14. The highest BCUT2D eigenvalue weighted by atomic mass is 35.5. The molecule has 3 atom stereocenters. The smallest absolute Gasteiger partial charge is 0.344 e. The van der Waals surface area contributed by atoms with Crippen molar-refractivity contribution < 1.29 is 45.9 Å². The van der Waals surface area contributed by atoms with Gasteiger partial charge in [0.15, 0.2) is 0 Å². The van der Waals surface area contributed by atoms with Crippen molar-refractivity contribution in [1.29, 1.82) is 0 Å². The Labute approximate surface area is 276 Å². The summed E-state index contributed by atoms with van der Waals surface area (Å²) in [6.45, 7) is 0.399. The molecular formula is C31H30ClF5N6O5. The van der Waals surface area contributed by atoms with E-state index in [9.17, 15) is 45.9 Å². The molecule has 3 unspecified atom stereocenters. The summed E-state index contributed by atoms with van der Waals surface area (Å²) in [5, 5.41) is 8.41. The summed E-state index contributed by atoms with van der Waals surface area (Å²) in [6, 6.07) is 8.72. The van der Waals surface area contributed by atoms with Crippen LogP contribution in [-0.2, 0) is 25.6 Å². The Balaban J connectivity index is 1.90. The summed E-state index contributed by atoms with van der Waals surface area (Å²) in [5.74, 6) is -13.6. The summed E-state index contributed by atoms with van der Waals surface area (Å²) >= 11 is 6.09. The number of carbonyl (C=O) groups is 5. The molecule has 3 aromatic rings. The van der Waals surface area contributed by atoms with Gasteiger partial charge in [-0.1, -0.05) is 67.9 Å². The number of nitrogens with zero attached hydrogens (tertiary/aromatic N) is 2. The van der Waals surface area contributed by atoms with E-state index in [0.717, 1.165) is 11.5 Å². The lowest BCUT2D eigenvalue weighted by molar-refractivity contribution is -0.165. The average Bonchev–Trinajstić information content (AvgIpc) is 3.04. The number of halogens is 6. The van der Waals surface area contributed by atoms with Gasteiger partial charge < -0.3 is 21.3 Å². The van der Waals surface area contributed by atoms with E-state index in [1.807, 2.05) is 0 Å². The second-order valence-electron chi connectivity index (χ2n) is 10.8. The number of ketones is 1. The van der Waals surface area contributed by atoms with Crippen molar-refractivity contribution in [1.82, 2.24) is 31.2 Å². The van der Waals surface area contributed by atoms with E-state index >= 15 is 0 Å². The lowest BCUT2D eigenvalue weighted by Gasteiger charge is -2.28. The Bertz CT molecular complexity index is 1610. The maximum Gasteiger partial charge on any atom is 0.405 e. The van der Waals surface area contributed by atoms with E-state index < -0.39 is 72.1 Å². The Morgan fingerprint density at radius 2 is 1.54 bits per heavy atom. The predicted molar refractivity (Wildman–Crippen MR) is 162 cm³/mol. The molecule has 4 amide bonds. The molecule has 0 fully saturated rings. The molecule has 1 heterocycles. The van der Waals surface area contributed by atoms with Gasteiger partial charge in [0.1, 0.15) is 24.3 Å². The van der Waals surface area contributed by atoms with Gasteiger partial charge >= 0.3 is 12.1 Å². The van der Waals surface area contributed by atoms with E-state index in [2.05, 4.69) is 25.9 Å². The van der Waals surface area contributed by atoms with Crippen LogP contribution in [0.4, 0.5) is 22.0 Å². The molecule has 11 nitrogen and oxygen atoms in total. The van der Waals surface area contributed by atoms with Gasteiger partial charge in [-0.2, -0.15) is 22.0 Å². The minimum atomic E-state index is -5.03. The van der Waals surface area contributed by atoms with E-state index in [-0.39, 0.29) is 17.7 Å². The maximum atomic E-state index is 14.8. The van der Waals surface area contributed by atoms with E-state index in [1.165, 1.54) is 50.5 Å². The normalized spacial score (nSPS) is 13.5. The summed E-state index contributed by atoms with van der Waals surface area (Å²) in [4.78, 5) is 72.8. The van der Waals surface area contributed by atoms with E-state index in [0.29, 0.717) is 10.6 Å². The number of aromatic nitrogens is 2. The van der Waals surface area contributed by atoms with Crippen LogP contribution in [0.3, 0.4) is 0 Å². The van der Waals surface area contributed by atoms with E-state index in [1.54, 1.807) is 30.3 Å². The number of hydrogen-bond acceptors (Lipinski definition) is 7. The van der Waals surface area contributed by atoms with Crippen LogP contribution >= 0.6 is 11.6 Å². The molecule has 0 aliphatic rings. The van der Waals surface area contributed by atoms with Crippen LogP contribution in [0.2, 0.25) is 5.02 Å². The maximum absolute atomic E-state index is 14.8. The molecule has 0 saturated carbocycles. The first-order valence-electron chi connectivity index (χ1n) is 14.2. The van der Waals surface area contributed by atoms with Crippen LogP contribution in [0, 0.1) is 5.92 Å². The summed E-state index contributed by atoms with van der Waals surface area (Å²) in [5.41, 5.74) is 0.520. The fourth-order valence-corrected chi connectivity index (χ4v) is 4.53.